The van der Waals surface area contributed by atoms with Gasteiger partial charge in [-0.2, -0.15) is 13.8 Å². The molecule has 4 heterocycles. The Morgan fingerprint density at radius 3 is 2.87 bits per heavy atom. The van der Waals surface area contributed by atoms with Crippen LogP contribution in [0.2, 0.25) is 5.02 Å². The number of rotatable bonds is 5. The number of β-amino-alcohol motifs (C(OH)–C–C–N with tert-alkyl or cyclic N) is 1. The second-order valence-electron chi connectivity index (χ2n) is 7.01. The number of aliphatic hydroxyl groups excluding tert-OH is 1. The van der Waals surface area contributed by atoms with Crippen molar-refractivity contribution in [3.8, 4) is 17.1 Å². The van der Waals surface area contributed by atoms with E-state index in [4.69, 9.17) is 16.4 Å². The van der Waals surface area contributed by atoms with Crippen molar-refractivity contribution >= 4 is 38.2 Å². The third-order valence-corrected chi connectivity index (χ3v) is 6.32. The summed E-state index contributed by atoms with van der Waals surface area (Å²) in [6.45, 7) is -2.08. The van der Waals surface area contributed by atoms with Crippen molar-refractivity contribution in [1.82, 2.24) is 15.0 Å². The molecule has 30 heavy (non-hydrogen) atoms. The van der Waals surface area contributed by atoms with Gasteiger partial charge in [-0.15, -0.1) is 0 Å². The minimum Gasteiger partial charge on any atom is -0.417 e. The molecule has 0 radical (unpaired) electrons. The average molecular weight is 458 g/mol. The van der Waals surface area contributed by atoms with Gasteiger partial charge in [-0.25, -0.2) is 14.0 Å². The number of nitrogens with zero attached hydrogens (tertiary/aromatic N) is 3. The fourth-order valence-corrected chi connectivity index (χ4v) is 4.28. The first-order chi connectivity index (χ1) is 14.1. The van der Waals surface area contributed by atoms with Crippen molar-refractivity contribution in [3.63, 3.8) is 0 Å². The predicted octanol–water partition coefficient (Wildman–Crippen LogP) is 3.49. The summed E-state index contributed by atoms with van der Waals surface area (Å²) in [5, 5.41) is 10.7. The summed E-state index contributed by atoms with van der Waals surface area (Å²) in [7, 11) is -3.05. The van der Waals surface area contributed by atoms with Gasteiger partial charge in [-0.3, -0.25) is 0 Å². The molecule has 1 saturated heterocycles. The van der Waals surface area contributed by atoms with Crippen molar-refractivity contribution in [1.29, 1.82) is 4.78 Å². The van der Waals surface area contributed by atoms with Crippen LogP contribution in [-0.2, 0) is 9.73 Å². The quantitative estimate of drug-likeness (QED) is 0.540. The summed E-state index contributed by atoms with van der Waals surface area (Å²) in [6, 6.07) is 4.36. The molecule has 1 fully saturated rings. The fraction of sp³-hybridized carbons (Fsp3) is 0.333. The Morgan fingerprint density at radius 2 is 2.23 bits per heavy atom. The number of aromatic amines is 1. The van der Waals surface area contributed by atoms with E-state index in [9.17, 15) is 18.1 Å². The smallest absolute Gasteiger partial charge is 0.388 e. The largest absolute Gasteiger partial charge is 0.417 e. The minimum atomic E-state index is -3.05. The highest BCUT2D eigenvalue weighted by molar-refractivity contribution is 7.91. The van der Waals surface area contributed by atoms with Crippen molar-refractivity contribution in [2.24, 2.45) is 0 Å². The first kappa shape index (κ1) is 20.8. The lowest BCUT2D eigenvalue weighted by Gasteiger charge is -2.20. The van der Waals surface area contributed by atoms with Crippen LogP contribution in [0.4, 0.5) is 14.6 Å². The standard InChI is InChI=1S/C18H18ClF2N5O3S/c1-30(22,28)10-6-12(17(23-7-10)26-5-4-9(27)8-26)15-14(19)11-2-3-13(29-18(20)21)24-16(11)25-15/h2-3,6-7,9,18,22,27H,4-5,8H2,1H3,(H,24,25)/t9-,30+/m0/s1. The number of aliphatic hydroxyl groups is 1. The molecule has 3 aromatic rings. The van der Waals surface area contributed by atoms with E-state index in [0.717, 1.165) is 0 Å². The number of anilines is 1. The SMILES string of the molecule is C[S@@](=N)(=O)c1cnc(N2CC[C@H](O)C2)c(-c2[nH]c3nc(OC(F)F)ccc3c2Cl)c1. The number of nitrogens with one attached hydrogen (secondary N) is 2. The van der Waals surface area contributed by atoms with Crippen molar-refractivity contribution in [2.75, 3.05) is 24.2 Å². The third kappa shape index (κ3) is 3.92. The molecule has 1 aliphatic heterocycles. The molecule has 3 N–H and O–H groups in total. The van der Waals surface area contributed by atoms with Gasteiger partial charge in [0.25, 0.3) is 0 Å². The van der Waals surface area contributed by atoms with Gasteiger partial charge in [0.1, 0.15) is 11.5 Å². The van der Waals surface area contributed by atoms with Gasteiger partial charge in [0.2, 0.25) is 5.88 Å². The second kappa shape index (κ2) is 7.64. The molecule has 0 aromatic carbocycles. The molecule has 12 heteroatoms. The van der Waals surface area contributed by atoms with Gasteiger partial charge in [0, 0.05) is 42.6 Å². The van der Waals surface area contributed by atoms with E-state index >= 15 is 0 Å². The fourth-order valence-electron chi connectivity index (χ4n) is 3.39. The lowest BCUT2D eigenvalue weighted by atomic mass is 10.1. The molecule has 0 saturated carbocycles. The van der Waals surface area contributed by atoms with Gasteiger partial charge in [0.05, 0.1) is 31.4 Å². The Hall–Kier alpha value is -2.50. The number of hydrogen-bond acceptors (Lipinski definition) is 7. The zero-order chi connectivity index (χ0) is 21.6. The molecule has 3 aromatic heterocycles. The van der Waals surface area contributed by atoms with Crippen molar-refractivity contribution < 1.29 is 22.8 Å². The number of H-pyrrole nitrogens is 1. The number of fused-ring (bicyclic) bond motifs is 1. The van der Waals surface area contributed by atoms with E-state index in [1.165, 1.54) is 24.6 Å². The molecule has 8 nitrogen and oxygen atoms in total. The van der Waals surface area contributed by atoms with Gasteiger partial charge < -0.3 is 19.7 Å². The maximum atomic E-state index is 12.5. The van der Waals surface area contributed by atoms with E-state index < -0.39 is 22.4 Å². The predicted molar refractivity (Wildman–Crippen MR) is 109 cm³/mol. The Balaban J connectivity index is 1.89. The van der Waals surface area contributed by atoms with E-state index in [1.807, 2.05) is 4.90 Å². The highest BCUT2D eigenvalue weighted by Gasteiger charge is 2.27. The summed E-state index contributed by atoms with van der Waals surface area (Å²) in [6.07, 6.45) is 2.74. The first-order valence-corrected chi connectivity index (χ1v) is 11.3. The maximum Gasteiger partial charge on any atom is 0.388 e. The maximum absolute atomic E-state index is 12.5. The van der Waals surface area contributed by atoms with Gasteiger partial charge >= 0.3 is 6.61 Å². The molecule has 0 aliphatic carbocycles. The number of hydrogen-bond donors (Lipinski definition) is 3. The van der Waals surface area contributed by atoms with Crippen LogP contribution >= 0.6 is 11.6 Å². The van der Waals surface area contributed by atoms with E-state index in [-0.39, 0.29) is 21.4 Å². The molecular weight excluding hydrogens is 440 g/mol. The van der Waals surface area contributed by atoms with Crippen LogP contribution in [0.15, 0.2) is 29.3 Å². The summed E-state index contributed by atoms with van der Waals surface area (Å²) in [5.74, 6) is 0.232. The molecule has 2 atom stereocenters. The van der Waals surface area contributed by atoms with Crippen molar-refractivity contribution in [3.05, 3.63) is 29.4 Å². The molecule has 0 amide bonds. The summed E-state index contributed by atoms with van der Waals surface area (Å²) in [5.41, 5.74) is 1.10. The number of aromatic nitrogens is 3. The molecule has 0 unspecified atom stereocenters. The number of alkyl halides is 2. The van der Waals surface area contributed by atoms with Crippen LogP contribution in [0.5, 0.6) is 5.88 Å². The van der Waals surface area contributed by atoms with E-state index in [1.54, 1.807) is 6.07 Å². The Morgan fingerprint density at radius 1 is 1.47 bits per heavy atom. The van der Waals surface area contributed by atoms with Crippen LogP contribution < -0.4 is 9.64 Å². The summed E-state index contributed by atoms with van der Waals surface area (Å²) < 4.78 is 49.5. The topological polar surface area (TPSA) is 115 Å². The molecule has 0 bridgehead atoms. The van der Waals surface area contributed by atoms with Gasteiger partial charge in [-0.1, -0.05) is 11.6 Å². The van der Waals surface area contributed by atoms with Crippen LogP contribution in [0.1, 0.15) is 6.42 Å². The van der Waals surface area contributed by atoms with E-state index in [0.29, 0.717) is 42.0 Å². The Labute approximate surface area is 175 Å². The van der Waals surface area contributed by atoms with Gasteiger partial charge in [-0.05, 0) is 18.6 Å². The highest BCUT2D eigenvalue weighted by atomic mass is 35.5. The molecule has 1 aliphatic rings. The zero-order valence-electron chi connectivity index (χ0n) is 15.7. The second-order valence-corrected chi connectivity index (χ2v) is 9.55. The molecule has 4 rings (SSSR count). The molecule has 160 valence electrons. The summed E-state index contributed by atoms with van der Waals surface area (Å²) >= 11 is 6.55. The van der Waals surface area contributed by atoms with Crippen LogP contribution in [0, 0.1) is 4.78 Å². The van der Waals surface area contributed by atoms with Crippen LogP contribution in [0.3, 0.4) is 0 Å². The zero-order valence-corrected chi connectivity index (χ0v) is 17.3. The van der Waals surface area contributed by atoms with Crippen LogP contribution in [-0.4, -0.2) is 56.3 Å². The minimum absolute atomic E-state index is 0.213. The first-order valence-electron chi connectivity index (χ1n) is 8.93. The highest BCUT2D eigenvalue weighted by Crippen LogP contribution is 2.40. The van der Waals surface area contributed by atoms with E-state index in [2.05, 4.69) is 19.7 Å². The van der Waals surface area contributed by atoms with Gasteiger partial charge in [0.15, 0.2) is 0 Å². The lowest BCUT2D eigenvalue weighted by molar-refractivity contribution is -0.0526. The lowest BCUT2D eigenvalue weighted by Crippen LogP contribution is -2.23. The Bertz CT molecular complexity index is 1220. The number of pyridine rings is 2. The van der Waals surface area contributed by atoms with Crippen molar-refractivity contribution in [2.45, 2.75) is 24.0 Å². The summed E-state index contributed by atoms with van der Waals surface area (Å²) in [4.78, 5) is 13.5. The van der Waals surface area contributed by atoms with Crippen LogP contribution in [0.25, 0.3) is 22.3 Å². The Kier molecular flexibility index (Phi) is 5.28. The molecule has 0 spiro atoms. The number of ether oxygens (including phenoxy) is 1. The monoisotopic (exact) mass is 457 g/mol. The average Bonchev–Trinajstić information content (AvgIpc) is 3.23. The number of halogens is 3. The normalized spacial score (nSPS) is 18.9. The third-order valence-electron chi connectivity index (χ3n) is 4.80. The molecular formula is C18H18ClF2N5O3S.